The average Bonchev–Trinajstić information content (AvgIpc) is 2.49. The quantitative estimate of drug-likeness (QED) is 0.818. The number of nitriles is 1. The molecule has 1 atom stereocenters. The van der Waals surface area contributed by atoms with Crippen LogP contribution in [0.1, 0.15) is 27.2 Å². The van der Waals surface area contributed by atoms with Gasteiger partial charge in [-0.1, -0.05) is 0 Å². The SMILES string of the molecule is CC(C)(C)OC(=O)N1CCOCC(C#N)(CC(=O)O)C1. The second-order valence-corrected chi connectivity index (χ2v) is 5.92. The summed E-state index contributed by atoms with van der Waals surface area (Å²) >= 11 is 0. The Bertz CT molecular complexity index is 423. The lowest BCUT2D eigenvalue weighted by Crippen LogP contribution is -2.44. The lowest BCUT2D eigenvalue weighted by atomic mass is 9.86. The normalized spacial score (nSPS) is 23.6. The van der Waals surface area contributed by atoms with E-state index in [2.05, 4.69) is 0 Å². The van der Waals surface area contributed by atoms with Gasteiger partial charge in [0.2, 0.25) is 0 Å². The summed E-state index contributed by atoms with van der Waals surface area (Å²) in [4.78, 5) is 24.3. The zero-order valence-electron chi connectivity index (χ0n) is 12.0. The van der Waals surface area contributed by atoms with Gasteiger partial charge in [-0.25, -0.2) is 4.79 Å². The van der Waals surface area contributed by atoms with Crippen molar-refractivity contribution in [3.63, 3.8) is 0 Å². The third kappa shape index (κ3) is 4.70. The van der Waals surface area contributed by atoms with Crippen LogP contribution in [0.25, 0.3) is 0 Å². The van der Waals surface area contributed by atoms with Crippen molar-refractivity contribution < 1.29 is 24.2 Å². The van der Waals surface area contributed by atoms with E-state index in [0.717, 1.165) is 0 Å². The molecule has 0 aromatic carbocycles. The van der Waals surface area contributed by atoms with Crippen molar-refractivity contribution >= 4 is 12.1 Å². The summed E-state index contributed by atoms with van der Waals surface area (Å²) < 4.78 is 10.5. The number of ether oxygens (including phenoxy) is 2. The average molecular weight is 284 g/mol. The largest absolute Gasteiger partial charge is 0.481 e. The van der Waals surface area contributed by atoms with Crippen LogP contribution in [0.3, 0.4) is 0 Å². The summed E-state index contributed by atoms with van der Waals surface area (Å²) in [6.45, 7) is 5.75. The molecule has 1 rings (SSSR count). The number of nitrogens with zero attached hydrogens (tertiary/aromatic N) is 2. The highest BCUT2D eigenvalue weighted by Crippen LogP contribution is 2.26. The van der Waals surface area contributed by atoms with E-state index in [9.17, 15) is 14.9 Å². The molecule has 1 fully saturated rings. The van der Waals surface area contributed by atoms with Crippen LogP contribution in [0.15, 0.2) is 0 Å². The van der Waals surface area contributed by atoms with Crippen molar-refractivity contribution in [2.45, 2.75) is 32.8 Å². The molecular formula is C13H20N2O5. The van der Waals surface area contributed by atoms with Crippen LogP contribution in [0.4, 0.5) is 4.79 Å². The molecule has 7 heteroatoms. The molecule has 0 aliphatic carbocycles. The van der Waals surface area contributed by atoms with Gasteiger partial charge in [0.15, 0.2) is 0 Å². The van der Waals surface area contributed by atoms with E-state index >= 15 is 0 Å². The first-order chi connectivity index (χ1) is 9.17. The summed E-state index contributed by atoms with van der Waals surface area (Å²) in [6, 6.07) is 1.98. The van der Waals surface area contributed by atoms with Crippen LogP contribution in [-0.2, 0) is 14.3 Å². The molecule has 1 saturated heterocycles. The van der Waals surface area contributed by atoms with E-state index in [1.54, 1.807) is 20.8 Å². The molecule has 0 aromatic heterocycles. The van der Waals surface area contributed by atoms with Crippen LogP contribution in [0.5, 0.6) is 0 Å². The second-order valence-electron chi connectivity index (χ2n) is 5.92. The molecule has 7 nitrogen and oxygen atoms in total. The molecule has 1 heterocycles. The van der Waals surface area contributed by atoms with Crippen LogP contribution in [0, 0.1) is 16.7 Å². The van der Waals surface area contributed by atoms with Crippen LogP contribution < -0.4 is 0 Å². The number of carbonyl (C=O) groups excluding carboxylic acids is 1. The van der Waals surface area contributed by atoms with Crippen LogP contribution in [0.2, 0.25) is 0 Å². The van der Waals surface area contributed by atoms with Gasteiger partial charge >= 0.3 is 12.1 Å². The predicted octanol–water partition coefficient (Wildman–Crippen LogP) is 1.24. The minimum absolute atomic E-state index is 0.00486. The number of carboxylic acid groups (broad SMARTS) is 1. The Hall–Kier alpha value is -1.81. The molecule has 1 aliphatic heterocycles. The summed E-state index contributed by atoms with van der Waals surface area (Å²) in [7, 11) is 0. The first-order valence-corrected chi connectivity index (χ1v) is 6.36. The highest BCUT2D eigenvalue weighted by molar-refractivity contribution is 5.70. The molecule has 20 heavy (non-hydrogen) atoms. The van der Waals surface area contributed by atoms with Gasteiger partial charge in [-0.05, 0) is 20.8 Å². The number of carboxylic acids is 1. The van der Waals surface area contributed by atoms with E-state index in [4.69, 9.17) is 14.6 Å². The van der Waals surface area contributed by atoms with E-state index < -0.39 is 23.1 Å². The predicted molar refractivity (Wildman–Crippen MR) is 68.9 cm³/mol. The fraction of sp³-hybridized carbons (Fsp3) is 0.769. The van der Waals surface area contributed by atoms with E-state index in [1.807, 2.05) is 6.07 Å². The minimum atomic E-state index is -1.24. The first kappa shape index (κ1) is 16.2. The Morgan fingerprint density at radius 3 is 2.65 bits per heavy atom. The molecule has 0 bridgehead atoms. The molecule has 1 N–H and O–H groups in total. The lowest BCUT2D eigenvalue weighted by Gasteiger charge is -2.30. The van der Waals surface area contributed by atoms with Gasteiger partial charge in [0.1, 0.15) is 11.0 Å². The van der Waals surface area contributed by atoms with Gasteiger partial charge in [0.05, 0.1) is 25.7 Å². The number of aliphatic carboxylic acids is 1. The molecule has 1 unspecified atom stereocenters. The monoisotopic (exact) mass is 284 g/mol. The van der Waals surface area contributed by atoms with E-state index in [0.29, 0.717) is 0 Å². The molecule has 1 aliphatic rings. The molecule has 112 valence electrons. The number of carbonyl (C=O) groups is 2. The summed E-state index contributed by atoms with van der Waals surface area (Å²) in [5.74, 6) is -1.10. The molecular weight excluding hydrogens is 264 g/mol. The fourth-order valence-electron chi connectivity index (χ4n) is 1.92. The molecule has 0 radical (unpaired) electrons. The Kier molecular flexibility index (Phi) is 4.95. The van der Waals surface area contributed by atoms with Gasteiger partial charge in [0.25, 0.3) is 0 Å². The van der Waals surface area contributed by atoms with Crippen molar-refractivity contribution in [1.82, 2.24) is 4.90 Å². The topological polar surface area (TPSA) is 99.9 Å². The smallest absolute Gasteiger partial charge is 0.410 e. The van der Waals surface area contributed by atoms with Crippen molar-refractivity contribution in [1.29, 1.82) is 5.26 Å². The molecule has 1 amide bonds. The van der Waals surface area contributed by atoms with Crippen molar-refractivity contribution in [2.75, 3.05) is 26.3 Å². The standard InChI is InChI=1S/C13H20N2O5/c1-12(2,3)20-11(18)15-4-5-19-9-13(7-14,8-15)6-10(16)17/h4-6,8-9H2,1-3H3,(H,16,17). The zero-order chi connectivity index (χ0) is 15.4. The number of amides is 1. The van der Waals surface area contributed by atoms with Crippen molar-refractivity contribution in [3.05, 3.63) is 0 Å². The maximum Gasteiger partial charge on any atom is 0.410 e. The lowest BCUT2D eigenvalue weighted by molar-refractivity contribution is -0.139. The first-order valence-electron chi connectivity index (χ1n) is 6.36. The van der Waals surface area contributed by atoms with Gasteiger partial charge in [-0.15, -0.1) is 0 Å². The van der Waals surface area contributed by atoms with E-state index in [1.165, 1.54) is 4.90 Å². The maximum absolute atomic E-state index is 12.0. The third-order valence-corrected chi connectivity index (χ3v) is 2.76. The van der Waals surface area contributed by atoms with Crippen molar-refractivity contribution in [2.24, 2.45) is 5.41 Å². The Morgan fingerprint density at radius 2 is 2.15 bits per heavy atom. The number of hydrogen-bond acceptors (Lipinski definition) is 5. The molecule has 0 saturated carbocycles. The molecule has 0 aromatic rings. The minimum Gasteiger partial charge on any atom is -0.481 e. The third-order valence-electron chi connectivity index (χ3n) is 2.76. The summed E-state index contributed by atoms with van der Waals surface area (Å²) in [6.07, 6.45) is -0.934. The van der Waals surface area contributed by atoms with Gasteiger partial charge in [-0.2, -0.15) is 5.26 Å². The zero-order valence-corrected chi connectivity index (χ0v) is 12.0. The van der Waals surface area contributed by atoms with Gasteiger partial charge in [-0.3, -0.25) is 4.79 Å². The van der Waals surface area contributed by atoms with Gasteiger partial charge < -0.3 is 19.5 Å². The Labute approximate surface area is 118 Å². The Balaban J connectivity index is 2.85. The van der Waals surface area contributed by atoms with Crippen molar-refractivity contribution in [3.8, 4) is 6.07 Å². The second kappa shape index (κ2) is 6.09. The summed E-state index contributed by atoms with van der Waals surface area (Å²) in [5.41, 5.74) is -1.88. The highest BCUT2D eigenvalue weighted by atomic mass is 16.6. The van der Waals surface area contributed by atoms with Crippen LogP contribution in [-0.4, -0.2) is 54.0 Å². The number of hydrogen-bond donors (Lipinski definition) is 1. The summed E-state index contributed by atoms with van der Waals surface area (Å²) in [5, 5.41) is 18.2. The van der Waals surface area contributed by atoms with Crippen LogP contribution >= 0.6 is 0 Å². The highest BCUT2D eigenvalue weighted by Gasteiger charge is 2.39. The Morgan fingerprint density at radius 1 is 1.50 bits per heavy atom. The number of rotatable bonds is 2. The fourth-order valence-corrected chi connectivity index (χ4v) is 1.92. The molecule has 0 spiro atoms. The van der Waals surface area contributed by atoms with Gasteiger partial charge in [0, 0.05) is 13.1 Å². The van der Waals surface area contributed by atoms with E-state index in [-0.39, 0.29) is 32.7 Å². The maximum atomic E-state index is 12.0.